The number of unbranched alkanes of at least 4 members (excludes halogenated alkanes) is 2. The van der Waals surface area contributed by atoms with Gasteiger partial charge in [0.15, 0.2) is 0 Å². The van der Waals surface area contributed by atoms with Crippen molar-refractivity contribution in [3.05, 3.63) is 35.4 Å². The fourth-order valence-corrected chi connectivity index (χ4v) is 2.31. The molecule has 0 aliphatic carbocycles. The standard InChI is InChI=1S/C18H30N8/c1-3-5-10-15(23-25-17(19)20)13-8-7-9-14(12-13)16(11-6-4-2)24-26-18(21)22/h7-9,12H,3-6,10-11H2,1-2H3,(H4,19,20,25)(H4,21,22,26)/b23-15+,24-16+. The van der Waals surface area contributed by atoms with E-state index in [1.54, 1.807) is 0 Å². The third kappa shape index (κ3) is 7.78. The van der Waals surface area contributed by atoms with Gasteiger partial charge < -0.3 is 22.9 Å². The van der Waals surface area contributed by atoms with Crippen LogP contribution in [0, 0.1) is 0 Å². The van der Waals surface area contributed by atoms with Crippen LogP contribution in [0.3, 0.4) is 0 Å². The summed E-state index contributed by atoms with van der Waals surface area (Å²) in [6.45, 7) is 4.25. The first-order chi connectivity index (χ1) is 12.5. The van der Waals surface area contributed by atoms with Gasteiger partial charge in [-0.2, -0.15) is 10.2 Å². The van der Waals surface area contributed by atoms with Crippen LogP contribution >= 0.6 is 0 Å². The molecule has 1 aromatic rings. The second-order valence-corrected chi connectivity index (χ2v) is 5.93. The first kappa shape index (κ1) is 21.1. The lowest BCUT2D eigenvalue weighted by molar-refractivity contribution is 0.831. The van der Waals surface area contributed by atoms with Gasteiger partial charge in [-0.1, -0.05) is 44.9 Å². The van der Waals surface area contributed by atoms with Gasteiger partial charge in [0.25, 0.3) is 0 Å². The lowest BCUT2D eigenvalue weighted by atomic mass is 9.98. The Hall–Kier alpha value is -2.90. The van der Waals surface area contributed by atoms with Crippen LogP contribution < -0.4 is 22.9 Å². The van der Waals surface area contributed by atoms with Crippen LogP contribution in [0.2, 0.25) is 0 Å². The van der Waals surface area contributed by atoms with Crippen molar-refractivity contribution in [2.24, 2.45) is 43.3 Å². The highest BCUT2D eigenvalue weighted by Gasteiger charge is 2.09. The summed E-state index contributed by atoms with van der Waals surface area (Å²) in [5.41, 5.74) is 25.2. The molecule has 0 aliphatic rings. The Labute approximate surface area is 155 Å². The van der Waals surface area contributed by atoms with E-state index in [-0.39, 0.29) is 11.9 Å². The Kier molecular flexibility index (Phi) is 9.45. The van der Waals surface area contributed by atoms with Crippen molar-refractivity contribution >= 4 is 23.3 Å². The summed E-state index contributed by atoms with van der Waals surface area (Å²) in [5.74, 6) is -0.124. The predicted octanol–water partition coefficient (Wildman–Crippen LogP) is 2.02. The maximum Gasteiger partial charge on any atom is 0.211 e. The first-order valence-electron chi connectivity index (χ1n) is 8.89. The molecule has 0 fully saturated rings. The van der Waals surface area contributed by atoms with E-state index in [1.807, 2.05) is 24.3 Å². The molecule has 8 heteroatoms. The highest BCUT2D eigenvalue weighted by atomic mass is 15.3. The van der Waals surface area contributed by atoms with Gasteiger partial charge in [0.2, 0.25) is 11.9 Å². The summed E-state index contributed by atoms with van der Waals surface area (Å²) in [6, 6.07) is 7.95. The maximum atomic E-state index is 5.41. The molecule has 142 valence electrons. The second-order valence-electron chi connectivity index (χ2n) is 5.93. The van der Waals surface area contributed by atoms with E-state index < -0.39 is 0 Å². The largest absolute Gasteiger partial charge is 0.369 e. The monoisotopic (exact) mass is 358 g/mol. The molecular weight excluding hydrogens is 328 g/mol. The fourth-order valence-electron chi connectivity index (χ4n) is 2.31. The van der Waals surface area contributed by atoms with Crippen molar-refractivity contribution in [2.45, 2.75) is 52.4 Å². The number of rotatable bonds is 10. The molecule has 0 aliphatic heterocycles. The third-order valence-corrected chi connectivity index (χ3v) is 3.64. The summed E-state index contributed by atoms with van der Waals surface area (Å²) < 4.78 is 0. The van der Waals surface area contributed by atoms with Gasteiger partial charge in [-0.15, -0.1) is 10.2 Å². The van der Waals surface area contributed by atoms with E-state index in [2.05, 4.69) is 34.3 Å². The number of nitrogens with zero attached hydrogens (tertiary/aromatic N) is 4. The Bertz CT molecular complexity index is 625. The summed E-state index contributed by atoms with van der Waals surface area (Å²) in [5, 5.41) is 16.1. The van der Waals surface area contributed by atoms with Crippen molar-refractivity contribution < 1.29 is 0 Å². The van der Waals surface area contributed by atoms with E-state index in [0.29, 0.717) is 0 Å². The molecule has 1 rings (SSSR count). The van der Waals surface area contributed by atoms with Crippen molar-refractivity contribution in [3.8, 4) is 0 Å². The molecule has 0 aromatic heterocycles. The Morgan fingerprint density at radius 1 is 0.731 bits per heavy atom. The van der Waals surface area contributed by atoms with Gasteiger partial charge in [0.05, 0.1) is 11.4 Å². The molecule has 0 amide bonds. The molecule has 0 atom stereocenters. The highest BCUT2D eigenvalue weighted by Crippen LogP contribution is 2.15. The molecule has 0 heterocycles. The number of hydrogen-bond acceptors (Lipinski definition) is 4. The lowest BCUT2D eigenvalue weighted by Crippen LogP contribution is -2.22. The van der Waals surface area contributed by atoms with Gasteiger partial charge in [-0.3, -0.25) is 0 Å². The third-order valence-electron chi connectivity index (χ3n) is 3.64. The molecular formula is C18H30N8. The summed E-state index contributed by atoms with van der Waals surface area (Å²) >= 11 is 0. The summed E-state index contributed by atoms with van der Waals surface area (Å²) in [7, 11) is 0. The lowest BCUT2D eigenvalue weighted by Gasteiger charge is -2.09. The zero-order valence-corrected chi connectivity index (χ0v) is 15.7. The summed E-state index contributed by atoms with van der Waals surface area (Å²) in [6.07, 6.45) is 5.66. The minimum Gasteiger partial charge on any atom is -0.369 e. The molecule has 8 N–H and O–H groups in total. The number of benzene rings is 1. The van der Waals surface area contributed by atoms with Gasteiger partial charge in [-0.25, -0.2) is 0 Å². The number of guanidine groups is 2. The van der Waals surface area contributed by atoms with Gasteiger partial charge in [-0.05, 0) is 42.9 Å². The van der Waals surface area contributed by atoms with E-state index in [0.717, 1.165) is 61.1 Å². The maximum absolute atomic E-state index is 5.41. The summed E-state index contributed by atoms with van der Waals surface area (Å²) in [4.78, 5) is 0. The van der Waals surface area contributed by atoms with Crippen LogP contribution in [0.1, 0.15) is 63.5 Å². The predicted molar refractivity (Wildman–Crippen MR) is 110 cm³/mol. The molecule has 0 saturated carbocycles. The van der Waals surface area contributed by atoms with Crippen LogP contribution in [-0.4, -0.2) is 23.3 Å². The van der Waals surface area contributed by atoms with Crippen molar-refractivity contribution in [1.82, 2.24) is 0 Å². The van der Waals surface area contributed by atoms with Crippen LogP contribution in [0.5, 0.6) is 0 Å². The molecule has 1 aromatic carbocycles. The fraction of sp³-hybridized carbons (Fsp3) is 0.444. The minimum absolute atomic E-state index is 0.0619. The topological polar surface area (TPSA) is 154 Å². The van der Waals surface area contributed by atoms with E-state index in [1.165, 1.54) is 0 Å². The smallest absolute Gasteiger partial charge is 0.211 e. The molecule has 0 radical (unpaired) electrons. The molecule has 26 heavy (non-hydrogen) atoms. The molecule has 0 spiro atoms. The van der Waals surface area contributed by atoms with Crippen molar-refractivity contribution in [2.75, 3.05) is 0 Å². The highest BCUT2D eigenvalue weighted by molar-refractivity contribution is 6.05. The Balaban J connectivity index is 3.26. The molecule has 0 saturated heterocycles. The molecule has 0 bridgehead atoms. The second kappa shape index (κ2) is 11.6. The number of nitrogens with two attached hydrogens (primary N) is 4. The molecule has 8 nitrogen and oxygen atoms in total. The van der Waals surface area contributed by atoms with Gasteiger partial charge in [0, 0.05) is 0 Å². The quantitative estimate of drug-likeness (QED) is 0.287. The van der Waals surface area contributed by atoms with Crippen molar-refractivity contribution in [1.29, 1.82) is 0 Å². The van der Waals surface area contributed by atoms with E-state index in [9.17, 15) is 0 Å². The van der Waals surface area contributed by atoms with Crippen LogP contribution in [0.15, 0.2) is 44.7 Å². The average Bonchev–Trinajstić information content (AvgIpc) is 2.61. The average molecular weight is 358 g/mol. The van der Waals surface area contributed by atoms with E-state index >= 15 is 0 Å². The van der Waals surface area contributed by atoms with Gasteiger partial charge >= 0.3 is 0 Å². The van der Waals surface area contributed by atoms with Crippen molar-refractivity contribution in [3.63, 3.8) is 0 Å². The van der Waals surface area contributed by atoms with Crippen LogP contribution in [0.25, 0.3) is 0 Å². The van der Waals surface area contributed by atoms with Gasteiger partial charge in [0.1, 0.15) is 0 Å². The van der Waals surface area contributed by atoms with E-state index in [4.69, 9.17) is 22.9 Å². The minimum atomic E-state index is -0.0619. The number of hydrogen-bond donors (Lipinski definition) is 4. The van der Waals surface area contributed by atoms with Crippen LogP contribution in [0.4, 0.5) is 0 Å². The Morgan fingerprint density at radius 2 is 1.15 bits per heavy atom. The molecule has 0 unspecified atom stereocenters. The zero-order valence-electron chi connectivity index (χ0n) is 15.7. The zero-order chi connectivity index (χ0) is 19.4. The first-order valence-corrected chi connectivity index (χ1v) is 8.89. The Morgan fingerprint density at radius 3 is 1.50 bits per heavy atom. The van der Waals surface area contributed by atoms with Crippen LogP contribution in [-0.2, 0) is 0 Å². The normalized spacial score (nSPS) is 11.9. The SMILES string of the molecule is CCCC/C(=N\N=C(N)N)c1cccc(/C(CCCC)=N/N=C(N)N)c1.